The summed E-state index contributed by atoms with van der Waals surface area (Å²) in [6.45, 7) is 1.03. The minimum Gasteiger partial charge on any atom is -0.457 e. The van der Waals surface area contributed by atoms with E-state index < -0.39 is 5.54 Å². The van der Waals surface area contributed by atoms with Crippen LogP contribution >= 0.6 is 24.8 Å². The molecule has 1 aliphatic rings. The van der Waals surface area contributed by atoms with E-state index >= 15 is 0 Å². The van der Waals surface area contributed by atoms with Crippen LogP contribution in [0, 0.1) is 0 Å². The van der Waals surface area contributed by atoms with Crippen LogP contribution in [0.1, 0.15) is 12.8 Å². The third kappa shape index (κ3) is 5.57. The van der Waals surface area contributed by atoms with Gasteiger partial charge < -0.3 is 20.5 Å². The molecule has 1 aromatic heterocycles. The molecule has 1 saturated heterocycles. The van der Waals surface area contributed by atoms with Gasteiger partial charge in [0.05, 0.1) is 0 Å². The maximum absolute atomic E-state index is 12.3. The van der Waals surface area contributed by atoms with Gasteiger partial charge in [-0.3, -0.25) is 9.78 Å². The van der Waals surface area contributed by atoms with E-state index in [9.17, 15) is 4.79 Å². The van der Waals surface area contributed by atoms with Crippen molar-refractivity contribution in [3.05, 3.63) is 48.8 Å². The summed E-state index contributed by atoms with van der Waals surface area (Å²) in [5.41, 5.74) is 5.99. The minimum absolute atomic E-state index is 0. The number of nitrogens with zero attached hydrogens (tertiary/aromatic N) is 1. The van der Waals surface area contributed by atoms with Gasteiger partial charge in [-0.2, -0.15) is 0 Å². The fraction of sp³-hybridized carbons (Fsp3) is 0.294. The Morgan fingerprint density at radius 3 is 2.20 bits per heavy atom. The summed E-state index contributed by atoms with van der Waals surface area (Å²) in [6.07, 6.45) is 4.39. The summed E-state index contributed by atoms with van der Waals surface area (Å²) >= 11 is 0. The average Bonchev–Trinajstić information content (AvgIpc) is 2.58. The maximum atomic E-state index is 12.3. The third-order valence-corrected chi connectivity index (χ3v) is 3.83. The number of hydrogen-bond donors (Lipinski definition) is 2. The summed E-state index contributed by atoms with van der Waals surface area (Å²) in [7, 11) is 0. The van der Waals surface area contributed by atoms with Crippen LogP contribution in [0.25, 0.3) is 0 Å². The van der Waals surface area contributed by atoms with E-state index in [4.69, 9.17) is 15.2 Å². The van der Waals surface area contributed by atoms with Crippen molar-refractivity contribution in [2.45, 2.75) is 18.4 Å². The lowest BCUT2D eigenvalue weighted by Crippen LogP contribution is -2.54. The molecule has 1 aromatic carbocycles. The quantitative estimate of drug-likeness (QED) is 0.843. The normalized spacial score (nSPS) is 15.2. The molecular weight excluding hydrogens is 365 g/mol. The molecule has 0 atom stereocenters. The molecule has 1 aliphatic heterocycles. The SMILES string of the molecule is Cl.Cl.NC1(C(=O)Nc2ccc(Oc3ccncc3)cc2)CCOCC1. The van der Waals surface area contributed by atoms with Crippen molar-refractivity contribution in [2.24, 2.45) is 5.73 Å². The highest BCUT2D eigenvalue weighted by molar-refractivity contribution is 5.98. The van der Waals surface area contributed by atoms with E-state index in [0.29, 0.717) is 43.2 Å². The van der Waals surface area contributed by atoms with E-state index in [2.05, 4.69) is 10.3 Å². The van der Waals surface area contributed by atoms with Gasteiger partial charge in [0.25, 0.3) is 0 Å². The molecule has 0 spiro atoms. The highest BCUT2D eigenvalue weighted by Gasteiger charge is 2.35. The number of carbonyl (C=O) groups excluding carboxylic acids is 1. The monoisotopic (exact) mass is 385 g/mol. The zero-order chi connectivity index (χ0) is 16.1. The standard InChI is InChI=1S/C17H19N3O3.2ClH/c18-17(7-11-22-12-8-17)16(21)20-13-1-3-14(4-2-13)23-15-5-9-19-10-6-15;;/h1-6,9-10H,7-8,11-12,18H2,(H,20,21);2*1H. The van der Waals surface area contributed by atoms with Gasteiger partial charge in [-0.1, -0.05) is 0 Å². The highest BCUT2D eigenvalue weighted by atomic mass is 35.5. The van der Waals surface area contributed by atoms with Crippen molar-refractivity contribution < 1.29 is 14.3 Å². The van der Waals surface area contributed by atoms with E-state index in [1.165, 1.54) is 0 Å². The number of nitrogens with two attached hydrogens (primary N) is 1. The fourth-order valence-corrected chi connectivity index (χ4v) is 2.37. The van der Waals surface area contributed by atoms with E-state index in [-0.39, 0.29) is 30.7 Å². The number of nitrogens with one attached hydrogen (secondary N) is 1. The smallest absolute Gasteiger partial charge is 0.244 e. The summed E-state index contributed by atoms with van der Waals surface area (Å²) < 4.78 is 10.9. The number of anilines is 1. The Morgan fingerprint density at radius 2 is 1.60 bits per heavy atom. The average molecular weight is 386 g/mol. The van der Waals surface area contributed by atoms with Crippen LogP contribution in [-0.2, 0) is 9.53 Å². The molecule has 136 valence electrons. The molecule has 0 radical (unpaired) electrons. The Labute approximate surface area is 158 Å². The van der Waals surface area contributed by atoms with Gasteiger partial charge >= 0.3 is 0 Å². The predicted molar refractivity (Wildman–Crippen MR) is 101 cm³/mol. The number of amides is 1. The largest absolute Gasteiger partial charge is 0.457 e. The zero-order valence-corrected chi connectivity index (χ0v) is 15.1. The lowest BCUT2D eigenvalue weighted by atomic mass is 9.90. The Kier molecular flexibility index (Phi) is 8.12. The van der Waals surface area contributed by atoms with Crippen LogP contribution in [0.4, 0.5) is 5.69 Å². The van der Waals surface area contributed by atoms with Crippen molar-refractivity contribution in [2.75, 3.05) is 18.5 Å². The molecule has 0 saturated carbocycles. The lowest BCUT2D eigenvalue weighted by molar-refractivity contribution is -0.124. The number of hydrogen-bond acceptors (Lipinski definition) is 5. The predicted octanol–water partition coefficient (Wildman–Crippen LogP) is 3.16. The molecular formula is C17H21Cl2N3O3. The zero-order valence-electron chi connectivity index (χ0n) is 13.5. The number of rotatable bonds is 4. The fourth-order valence-electron chi connectivity index (χ4n) is 2.37. The first-order valence-electron chi connectivity index (χ1n) is 7.52. The van der Waals surface area contributed by atoms with Gasteiger partial charge in [0.15, 0.2) is 0 Å². The molecule has 2 aromatic rings. The maximum Gasteiger partial charge on any atom is 0.244 e. The van der Waals surface area contributed by atoms with Crippen LogP contribution in [-0.4, -0.2) is 29.6 Å². The van der Waals surface area contributed by atoms with Gasteiger partial charge in [0.2, 0.25) is 5.91 Å². The first-order valence-corrected chi connectivity index (χ1v) is 7.52. The minimum atomic E-state index is -0.857. The molecule has 0 aliphatic carbocycles. The molecule has 3 rings (SSSR count). The van der Waals surface area contributed by atoms with Crippen molar-refractivity contribution in [3.8, 4) is 11.5 Å². The molecule has 2 heterocycles. The Hall–Kier alpha value is -1.86. The molecule has 1 fully saturated rings. The molecule has 6 nitrogen and oxygen atoms in total. The molecule has 25 heavy (non-hydrogen) atoms. The molecule has 3 N–H and O–H groups in total. The van der Waals surface area contributed by atoms with Crippen LogP contribution < -0.4 is 15.8 Å². The number of benzene rings is 1. The molecule has 0 unspecified atom stereocenters. The van der Waals surface area contributed by atoms with E-state index in [1.807, 2.05) is 0 Å². The number of halogens is 2. The Balaban J connectivity index is 0.00000156. The lowest BCUT2D eigenvalue weighted by Gasteiger charge is -2.31. The summed E-state index contributed by atoms with van der Waals surface area (Å²) in [5.74, 6) is 1.21. The van der Waals surface area contributed by atoms with Gasteiger partial charge in [-0.15, -0.1) is 24.8 Å². The van der Waals surface area contributed by atoms with Gasteiger partial charge in [0, 0.05) is 31.3 Å². The van der Waals surface area contributed by atoms with E-state index in [0.717, 1.165) is 0 Å². The van der Waals surface area contributed by atoms with Gasteiger partial charge in [-0.05, 0) is 49.2 Å². The summed E-state index contributed by atoms with van der Waals surface area (Å²) in [4.78, 5) is 16.3. The molecule has 0 bridgehead atoms. The Bertz CT molecular complexity index is 663. The number of pyridine rings is 1. The summed E-state index contributed by atoms with van der Waals surface area (Å²) in [6, 6.07) is 10.7. The molecule has 8 heteroatoms. The van der Waals surface area contributed by atoms with E-state index in [1.54, 1.807) is 48.8 Å². The van der Waals surface area contributed by atoms with Crippen LogP contribution in [0.15, 0.2) is 48.8 Å². The number of aromatic nitrogens is 1. The van der Waals surface area contributed by atoms with Crippen LogP contribution in [0.3, 0.4) is 0 Å². The summed E-state index contributed by atoms with van der Waals surface area (Å²) in [5, 5.41) is 2.86. The van der Waals surface area contributed by atoms with Crippen LogP contribution in [0.5, 0.6) is 11.5 Å². The number of carbonyl (C=O) groups is 1. The second-order valence-electron chi connectivity index (χ2n) is 5.53. The highest BCUT2D eigenvalue weighted by Crippen LogP contribution is 2.24. The van der Waals surface area contributed by atoms with Crippen molar-refractivity contribution in [1.82, 2.24) is 4.98 Å². The first kappa shape index (κ1) is 21.2. The molecule has 1 amide bonds. The van der Waals surface area contributed by atoms with Crippen molar-refractivity contribution in [3.63, 3.8) is 0 Å². The Morgan fingerprint density at radius 1 is 1.04 bits per heavy atom. The number of ether oxygens (including phenoxy) is 2. The topological polar surface area (TPSA) is 86.5 Å². The van der Waals surface area contributed by atoms with Crippen molar-refractivity contribution >= 4 is 36.4 Å². The van der Waals surface area contributed by atoms with Crippen LogP contribution in [0.2, 0.25) is 0 Å². The third-order valence-electron chi connectivity index (χ3n) is 3.83. The second kappa shape index (κ2) is 9.58. The van der Waals surface area contributed by atoms with Crippen molar-refractivity contribution in [1.29, 1.82) is 0 Å². The van der Waals surface area contributed by atoms with Gasteiger partial charge in [0.1, 0.15) is 17.0 Å². The van der Waals surface area contributed by atoms with Gasteiger partial charge in [-0.25, -0.2) is 0 Å². The second-order valence-corrected chi connectivity index (χ2v) is 5.53. The first-order chi connectivity index (χ1) is 11.2.